The van der Waals surface area contributed by atoms with Gasteiger partial charge in [0, 0.05) is 39.3 Å². The Morgan fingerprint density at radius 3 is 1.44 bits per heavy atom. The second kappa shape index (κ2) is 15.3. The van der Waals surface area contributed by atoms with E-state index in [9.17, 15) is 10.2 Å². The van der Waals surface area contributed by atoms with Gasteiger partial charge in [0.25, 0.3) is 0 Å². The van der Waals surface area contributed by atoms with Gasteiger partial charge in [-0.15, -0.1) is 0 Å². The summed E-state index contributed by atoms with van der Waals surface area (Å²) in [6.07, 6.45) is 23.2. The molecule has 0 aromatic heterocycles. The van der Waals surface area contributed by atoms with Crippen LogP contribution in [0.4, 0.5) is 0 Å². The van der Waals surface area contributed by atoms with Gasteiger partial charge in [-0.1, -0.05) is 61.8 Å². The van der Waals surface area contributed by atoms with E-state index in [0.717, 1.165) is 77.8 Å². The van der Waals surface area contributed by atoms with E-state index >= 15 is 0 Å². The van der Waals surface area contributed by atoms with Crippen molar-refractivity contribution in [1.82, 2.24) is 9.80 Å². The minimum absolute atomic E-state index is 0.125. The fraction of sp³-hybridized carbons (Fsp3) is 0.857. The van der Waals surface area contributed by atoms with Crippen LogP contribution in [-0.2, 0) is 0 Å². The Bertz CT molecular complexity index is 524. The molecular formula is C28H50N2O2. The molecule has 4 bridgehead atoms. The first-order valence-corrected chi connectivity index (χ1v) is 13.9. The van der Waals surface area contributed by atoms with Crippen LogP contribution in [0.15, 0.2) is 23.3 Å². The highest BCUT2D eigenvalue weighted by atomic mass is 16.3. The van der Waals surface area contributed by atoms with Gasteiger partial charge in [0.15, 0.2) is 0 Å². The summed E-state index contributed by atoms with van der Waals surface area (Å²) in [5.74, 6) is 0. The average molecular weight is 447 g/mol. The standard InChI is InChI=1S/C28H50N2O2/c31-27-15-7-3-1-5-11-25-13-9-19-29(23-25)22-18-28(32)16-8-4-2-6-12-26-14-10-20-30(24-26)21-17-27/h13-14,27-28,31-32H,1-12,15-24H2/t27-,28+. The number of fused-ring (bicyclic) bond motifs is 4. The summed E-state index contributed by atoms with van der Waals surface area (Å²) >= 11 is 0. The summed E-state index contributed by atoms with van der Waals surface area (Å²) in [4.78, 5) is 5.10. The van der Waals surface area contributed by atoms with Crippen molar-refractivity contribution < 1.29 is 10.2 Å². The van der Waals surface area contributed by atoms with Crippen molar-refractivity contribution in [3.63, 3.8) is 0 Å². The predicted octanol–water partition coefficient (Wildman–Crippen LogP) is 5.45. The maximum atomic E-state index is 10.4. The third-order valence-corrected chi connectivity index (χ3v) is 7.74. The summed E-state index contributed by atoms with van der Waals surface area (Å²) in [6.45, 7) is 6.61. The molecule has 0 radical (unpaired) electrons. The van der Waals surface area contributed by atoms with Gasteiger partial charge in [0.1, 0.15) is 0 Å². The van der Waals surface area contributed by atoms with Crippen LogP contribution in [0, 0.1) is 0 Å². The fourth-order valence-electron chi connectivity index (χ4n) is 5.63. The number of hydrogen-bond acceptors (Lipinski definition) is 4. The molecule has 3 rings (SSSR count). The molecule has 2 N–H and O–H groups in total. The van der Waals surface area contributed by atoms with E-state index in [0.29, 0.717) is 0 Å². The molecule has 4 heteroatoms. The molecule has 2 unspecified atom stereocenters. The molecule has 1 fully saturated rings. The van der Waals surface area contributed by atoms with E-state index in [1.807, 2.05) is 0 Å². The normalized spacial score (nSPS) is 33.4. The van der Waals surface area contributed by atoms with Gasteiger partial charge < -0.3 is 10.2 Å². The molecule has 32 heavy (non-hydrogen) atoms. The molecule has 0 saturated carbocycles. The minimum Gasteiger partial charge on any atom is -0.393 e. The zero-order valence-corrected chi connectivity index (χ0v) is 20.7. The Hall–Kier alpha value is -0.680. The number of aliphatic hydroxyl groups excluding tert-OH is 2. The largest absolute Gasteiger partial charge is 0.393 e. The molecule has 0 amide bonds. The molecule has 0 aromatic rings. The number of nitrogens with zero attached hydrogens (tertiary/aromatic N) is 2. The molecule has 0 spiro atoms. The van der Waals surface area contributed by atoms with Crippen LogP contribution < -0.4 is 0 Å². The Kier molecular flexibility index (Phi) is 12.4. The molecule has 0 aliphatic carbocycles. The van der Waals surface area contributed by atoms with Gasteiger partial charge in [0.2, 0.25) is 0 Å². The number of hydrogen-bond donors (Lipinski definition) is 2. The Balaban J connectivity index is 1.43. The van der Waals surface area contributed by atoms with Gasteiger partial charge in [-0.3, -0.25) is 9.80 Å². The maximum Gasteiger partial charge on any atom is 0.0552 e. The molecule has 3 aliphatic rings. The van der Waals surface area contributed by atoms with E-state index in [2.05, 4.69) is 22.0 Å². The smallest absolute Gasteiger partial charge is 0.0552 e. The zero-order valence-electron chi connectivity index (χ0n) is 20.7. The van der Waals surface area contributed by atoms with Crippen LogP contribution in [0.25, 0.3) is 0 Å². The van der Waals surface area contributed by atoms with Crippen molar-refractivity contribution in [2.75, 3.05) is 39.3 Å². The Morgan fingerprint density at radius 1 is 0.531 bits per heavy atom. The highest BCUT2D eigenvalue weighted by Crippen LogP contribution is 2.21. The molecule has 1 saturated heterocycles. The minimum atomic E-state index is -0.125. The van der Waals surface area contributed by atoms with Gasteiger partial charge in [-0.05, 0) is 64.2 Å². The van der Waals surface area contributed by atoms with E-state index in [1.54, 1.807) is 11.1 Å². The molecular weight excluding hydrogens is 396 g/mol. The molecule has 4 atom stereocenters. The molecule has 184 valence electrons. The molecule has 4 nitrogen and oxygen atoms in total. The van der Waals surface area contributed by atoms with Crippen molar-refractivity contribution in [3.05, 3.63) is 23.3 Å². The van der Waals surface area contributed by atoms with Gasteiger partial charge in [0.05, 0.1) is 12.2 Å². The summed E-state index contributed by atoms with van der Waals surface area (Å²) in [7, 11) is 0. The lowest BCUT2D eigenvalue weighted by atomic mass is 9.99. The Labute approximate surface area is 197 Å². The fourth-order valence-corrected chi connectivity index (χ4v) is 5.63. The van der Waals surface area contributed by atoms with E-state index in [1.165, 1.54) is 64.2 Å². The van der Waals surface area contributed by atoms with Crippen LogP contribution in [0.3, 0.4) is 0 Å². The van der Waals surface area contributed by atoms with Crippen LogP contribution in [0.5, 0.6) is 0 Å². The topological polar surface area (TPSA) is 46.9 Å². The third-order valence-electron chi connectivity index (χ3n) is 7.74. The van der Waals surface area contributed by atoms with Gasteiger partial charge in [-0.25, -0.2) is 0 Å². The molecule has 0 aromatic carbocycles. The lowest BCUT2D eigenvalue weighted by Gasteiger charge is -2.28. The van der Waals surface area contributed by atoms with Gasteiger partial charge in [-0.2, -0.15) is 0 Å². The highest BCUT2D eigenvalue weighted by Gasteiger charge is 2.16. The monoisotopic (exact) mass is 446 g/mol. The molecule has 3 heterocycles. The molecule has 3 aliphatic heterocycles. The predicted molar refractivity (Wildman–Crippen MR) is 135 cm³/mol. The zero-order chi connectivity index (χ0) is 22.4. The van der Waals surface area contributed by atoms with Crippen molar-refractivity contribution >= 4 is 0 Å². The van der Waals surface area contributed by atoms with Crippen LogP contribution in [0.1, 0.15) is 103 Å². The van der Waals surface area contributed by atoms with Crippen molar-refractivity contribution in [3.8, 4) is 0 Å². The first-order chi connectivity index (χ1) is 15.7. The summed E-state index contributed by atoms with van der Waals surface area (Å²) in [5.41, 5.74) is 3.21. The SMILES string of the molecule is O[C@@H]1CCCCCCC2=CCCN(CC[C@@H](O)CCCCCCC3=CCCN(CC1)C3)C2. The second-order valence-corrected chi connectivity index (χ2v) is 10.6. The first-order valence-electron chi connectivity index (χ1n) is 13.9. The van der Waals surface area contributed by atoms with Crippen molar-refractivity contribution in [2.45, 2.75) is 115 Å². The summed E-state index contributed by atoms with van der Waals surface area (Å²) in [6, 6.07) is 0. The van der Waals surface area contributed by atoms with Crippen LogP contribution in [-0.4, -0.2) is 71.5 Å². The van der Waals surface area contributed by atoms with Crippen molar-refractivity contribution in [1.29, 1.82) is 0 Å². The van der Waals surface area contributed by atoms with Gasteiger partial charge >= 0.3 is 0 Å². The lowest BCUT2D eigenvalue weighted by Crippen LogP contribution is -2.32. The number of rotatable bonds is 0. The summed E-state index contributed by atoms with van der Waals surface area (Å²) in [5, 5.41) is 20.9. The quantitative estimate of drug-likeness (QED) is 0.486. The Morgan fingerprint density at radius 2 is 0.969 bits per heavy atom. The summed E-state index contributed by atoms with van der Waals surface area (Å²) < 4.78 is 0. The van der Waals surface area contributed by atoms with E-state index in [-0.39, 0.29) is 12.2 Å². The number of aliphatic hydroxyl groups is 2. The van der Waals surface area contributed by atoms with Crippen LogP contribution in [0.2, 0.25) is 0 Å². The van der Waals surface area contributed by atoms with E-state index in [4.69, 9.17) is 0 Å². The average Bonchev–Trinajstić information content (AvgIpc) is 2.81. The first kappa shape index (κ1) is 25.9. The van der Waals surface area contributed by atoms with E-state index < -0.39 is 0 Å². The third kappa shape index (κ3) is 10.5. The maximum absolute atomic E-state index is 10.4. The van der Waals surface area contributed by atoms with Crippen molar-refractivity contribution in [2.24, 2.45) is 0 Å². The second-order valence-electron chi connectivity index (χ2n) is 10.6. The highest BCUT2D eigenvalue weighted by molar-refractivity contribution is 5.08. The lowest BCUT2D eigenvalue weighted by molar-refractivity contribution is 0.130. The van der Waals surface area contributed by atoms with Crippen LogP contribution >= 0.6 is 0 Å².